The molecule has 1 aliphatic rings. The maximum absolute atomic E-state index is 11.5. The highest BCUT2D eigenvalue weighted by Crippen LogP contribution is 2.22. The Morgan fingerprint density at radius 3 is 2.35 bits per heavy atom. The van der Waals surface area contributed by atoms with Crippen molar-refractivity contribution in [3.05, 3.63) is 29.3 Å². The number of nitrogens with zero attached hydrogens (tertiary/aromatic N) is 1. The summed E-state index contributed by atoms with van der Waals surface area (Å²) in [6.45, 7) is 4.73. The number of aliphatic hydroxyl groups excluding tert-OH is 1. The van der Waals surface area contributed by atoms with Gasteiger partial charge in [0, 0.05) is 12.8 Å². The van der Waals surface area contributed by atoms with E-state index in [0.717, 1.165) is 21.8 Å². The van der Waals surface area contributed by atoms with Gasteiger partial charge in [-0.3, -0.25) is 14.5 Å². The van der Waals surface area contributed by atoms with Crippen molar-refractivity contribution in [2.75, 3.05) is 26.4 Å². The molecular formula is C17H23NO5. The fourth-order valence-electron chi connectivity index (χ4n) is 2.54. The summed E-state index contributed by atoms with van der Waals surface area (Å²) in [7, 11) is 0. The number of β-amino-alcohol motifs (C(OH)–C–C–N with tert-alkyl or cyclic N) is 1. The van der Waals surface area contributed by atoms with Crippen molar-refractivity contribution >= 4 is 11.8 Å². The summed E-state index contributed by atoms with van der Waals surface area (Å²) < 4.78 is 11.0. The van der Waals surface area contributed by atoms with Crippen molar-refractivity contribution in [2.45, 2.75) is 32.8 Å². The highest BCUT2D eigenvalue weighted by atomic mass is 16.5. The number of aryl methyl sites for hydroxylation is 2. The largest absolute Gasteiger partial charge is 0.491 e. The van der Waals surface area contributed by atoms with Gasteiger partial charge in [-0.25, -0.2) is 0 Å². The number of rotatable bonds is 8. The first kappa shape index (κ1) is 17.4. The summed E-state index contributed by atoms with van der Waals surface area (Å²) in [4.78, 5) is 24.0. The van der Waals surface area contributed by atoms with Crippen LogP contribution in [0.1, 0.15) is 24.0 Å². The number of ether oxygens (including phenoxy) is 2. The van der Waals surface area contributed by atoms with E-state index in [9.17, 15) is 14.7 Å². The zero-order chi connectivity index (χ0) is 16.8. The van der Waals surface area contributed by atoms with Crippen molar-refractivity contribution in [2.24, 2.45) is 0 Å². The highest BCUT2D eigenvalue weighted by Gasteiger charge is 2.30. The lowest BCUT2D eigenvalue weighted by molar-refractivity contribution is -0.140. The van der Waals surface area contributed by atoms with Crippen LogP contribution >= 0.6 is 0 Å². The van der Waals surface area contributed by atoms with Crippen LogP contribution in [0.2, 0.25) is 0 Å². The summed E-state index contributed by atoms with van der Waals surface area (Å²) in [6, 6.07) is 5.94. The Morgan fingerprint density at radius 1 is 1.13 bits per heavy atom. The van der Waals surface area contributed by atoms with Crippen LogP contribution in [-0.4, -0.2) is 54.3 Å². The molecule has 1 atom stereocenters. The first-order valence-corrected chi connectivity index (χ1v) is 7.77. The SMILES string of the molecule is Cc1cccc(C)c1OCCOCC(O)CN1C(=O)CCC1=O. The summed E-state index contributed by atoms with van der Waals surface area (Å²) in [5.41, 5.74) is 2.13. The van der Waals surface area contributed by atoms with Crippen LogP contribution in [0.4, 0.5) is 0 Å². The predicted molar refractivity (Wildman–Crippen MR) is 84.2 cm³/mol. The second-order valence-electron chi connectivity index (χ2n) is 5.70. The molecule has 1 aromatic carbocycles. The Kier molecular flexibility index (Phi) is 6.12. The molecule has 1 saturated heterocycles. The summed E-state index contributed by atoms with van der Waals surface area (Å²) in [5.74, 6) is 0.393. The molecule has 2 amide bonds. The van der Waals surface area contributed by atoms with Crippen LogP contribution in [0.25, 0.3) is 0 Å². The number of hydrogen-bond acceptors (Lipinski definition) is 5. The molecule has 0 spiro atoms. The van der Waals surface area contributed by atoms with Crippen LogP contribution in [0, 0.1) is 13.8 Å². The van der Waals surface area contributed by atoms with Crippen LogP contribution in [0.3, 0.4) is 0 Å². The monoisotopic (exact) mass is 321 g/mol. The van der Waals surface area contributed by atoms with Gasteiger partial charge in [0.25, 0.3) is 0 Å². The molecule has 1 N–H and O–H groups in total. The number of benzene rings is 1. The topological polar surface area (TPSA) is 76.1 Å². The molecule has 0 bridgehead atoms. The van der Waals surface area contributed by atoms with Crippen molar-refractivity contribution in [3.8, 4) is 5.75 Å². The molecular weight excluding hydrogens is 298 g/mol. The number of aliphatic hydroxyl groups is 1. The van der Waals surface area contributed by atoms with Gasteiger partial charge in [0.2, 0.25) is 11.8 Å². The van der Waals surface area contributed by atoms with Crippen molar-refractivity contribution < 1.29 is 24.2 Å². The number of likely N-dealkylation sites (tertiary alicyclic amines) is 1. The minimum atomic E-state index is -0.874. The number of amides is 2. The summed E-state index contributed by atoms with van der Waals surface area (Å²) >= 11 is 0. The molecule has 6 heteroatoms. The van der Waals surface area contributed by atoms with E-state index in [0.29, 0.717) is 13.2 Å². The fraction of sp³-hybridized carbons (Fsp3) is 0.529. The molecule has 6 nitrogen and oxygen atoms in total. The highest BCUT2D eigenvalue weighted by molar-refractivity contribution is 6.01. The van der Waals surface area contributed by atoms with Gasteiger partial charge in [0.05, 0.1) is 25.9 Å². The quantitative estimate of drug-likeness (QED) is 0.575. The van der Waals surface area contributed by atoms with Gasteiger partial charge in [-0.05, 0) is 25.0 Å². The number of hydrogen-bond donors (Lipinski definition) is 1. The van der Waals surface area contributed by atoms with Crippen LogP contribution in [0.5, 0.6) is 5.75 Å². The standard InChI is InChI=1S/C17H23NO5/c1-12-4-3-5-13(2)17(12)23-9-8-22-11-14(19)10-18-15(20)6-7-16(18)21/h3-5,14,19H,6-11H2,1-2H3. The van der Waals surface area contributed by atoms with Gasteiger partial charge >= 0.3 is 0 Å². The van der Waals surface area contributed by atoms with E-state index in [1.54, 1.807) is 0 Å². The third-order valence-corrected chi connectivity index (χ3v) is 3.74. The fourth-order valence-corrected chi connectivity index (χ4v) is 2.54. The molecule has 1 heterocycles. The molecule has 1 unspecified atom stereocenters. The minimum Gasteiger partial charge on any atom is -0.491 e. The number of imide groups is 1. The maximum atomic E-state index is 11.5. The maximum Gasteiger partial charge on any atom is 0.229 e. The number of carbonyl (C=O) groups excluding carboxylic acids is 2. The van der Waals surface area contributed by atoms with Crippen molar-refractivity contribution in [3.63, 3.8) is 0 Å². The molecule has 23 heavy (non-hydrogen) atoms. The van der Waals surface area contributed by atoms with Crippen molar-refractivity contribution in [1.82, 2.24) is 4.90 Å². The zero-order valence-corrected chi connectivity index (χ0v) is 13.6. The van der Waals surface area contributed by atoms with Gasteiger partial charge in [-0.15, -0.1) is 0 Å². The molecule has 0 radical (unpaired) electrons. The van der Waals surface area contributed by atoms with Crippen LogP contribution in [-0.2, 0) is 14.3 Å². The molecule has 2 rings (SSSR count). The van der Waals surface area contributed by atoms with Gasteiger partial charge in [0.1, 0.15) is 12.4 Å². The minimum absolute atomic E-state index is 0.00454. The lowest BCUT2D eigenvalue weighted by Gasteiger charge is -2.18. The molecule has 0 saturated carbocycles. The van der Waals surface area contributed by atoms with E-state index in [1.165, 1.54) is 0 Å². The molecule has 1 aliphatic heterocycles. The number of carbonyl (C=O) groups is 2. The molecule has 0 aliphatic carbocycles. The molecule has 126 valence electrons. The van der Waals surface area contributed by atoms with E-state index < -0.39 is 6.10 Å². The van der Waals surface area contributed by atoms with Crippen LogP contribution in [0.15, 0.2) is 18.2 Å². The average molecular weight is 321 g/mol. The Hall–Kier alpha value is -1.92. The van der Waals surface area contributed by atoms with E-state index in [2.05, 4.69) is 0 Å². The van der Waals surface area contributed by atoms with Gasteiger partial charge < -0.3 is 14.6 Å². The van der Waals surface area contributed by atoms with Gasteiger partial charge in [0.15, 0.2) is 0 Å². The Morgan fingerprint density at radius 2 is 1.74 bits per heavy atom. The zero-order valence-electron chi connectivity index (χ0n) is 13.6. The van der Waals surface area contributed by atoms with Gasteiger partial charge in [-0.2, -0.15) is 0 Å². The first-order chi connectivity index (χ1) is 11.0. The smallest absolute Gasteiger partial charge is 0.229 e. The summed E-state index contributed by atoms with van der Waals surface area (Å²) in [5, 5.41) is 9.84. The number of para-hydroxylation sites is 1. The Balaban J connectivity index is 1.65. The van der Waals surface area contributed by atoms with E-state index >= 15 is 0 Å². The third kappa shape index (κ3) is 4.77. The second-order valence-corrected chi connectivity index (χ2v) is 5.70. The van der Waals surface area contributed by atoms with Crippen molar-refractivity contribution in [1.29, 1.82) is 0 Å². The first-order valence-electron chi connectivity index (χ1n) is 7.77. The molecule has 1 fully saturated rings. The Bertz CT molecular complexity index is 536. The predicted octanol–water partition coefficient (Wildman–Crippen LogP) is 1.21. The van der Waals surface area contributed by atoms with E-state index in [-0.39, 0.29) is 37.8 Å². The summed E-state index contributed by atoms with van der Waals surface area (Å²) in [6.07, 6.45) is -0.410. The molecule has 1 aromatic rings. The normalized spacial score (nSPS) is 16.0. The Labute approximate surface area is 136 Å². The van der Waals surface area contributed by atoms with E-state index in [4.69, 9.17) is 9.47 Å². The lowest BCUT2D eigenvalue weighted by Crippen LogP contribution is -2.38. The average Bonchev–Trinajstić information content (AvgIpc) is 2.81. The van der Waals surface area contributed by atoms with Gasteiger partial charge in [-0.1, -0.05) is 18.2 Å². The molecule has 0 aromatic heterocycles. The van der Waals surface area contributed by atoms with Crippen LogP contribution < -0.4 is 4.74 Å². The lowest BCUT2D eigenvalue weighted by atomic mass is 10.1. The second kappa shape index (κ2) is 8.08. The van der Waals surface area contributed by atoms with E-state index in [1.807, 2.05) is 32.0 Å². The third-order valence-electron chi connectivity index (χ3n) is 3.74.